The van der Waals surface area contributed by atoms with Crippen LogP contribution in [0.25, 0.3) is 0 Å². The van der Waals surface area contributed by atoms with Crippen molar-refractivity contribution in [2.45, 2.75) is 33.2 Å². The number of carbonyl (C=O) groups is 1. The number of rotatable bonds is 1. The van der Waals surface area contributed by atoms with Crippen molar-refractivity contribution in [2.75, 3.05) is 0 Å². The highest BCUT2D eigenvalue weighted by molar-refractivity contribution is 5.89. The van der Waals surface area contributed by atoms with Crippen molar-refractivity contribution in [1.82, 2.24) is 15.5 Å². The number of nitrogens with one attached hydrogen (secondary N) is 1. The average Bonchev–Trinajstić information content (AvgIpc) is 2.31. The summed E-state index contributed by atoms with van der Waals surface area (Å²) in [6.07, 6.45) is 0. The van der Waals surface area contributed by atoms with E-state index in [4.69, 9.17) is 4.52 Å². The Morgan fingerprint density at radius 2 is 2.08 bits per heavy atom. The largest absolute Gasteiger partial charge is 0.343 e. The van der Waals surface area contributed by atoms with Crippen LogP contribution in [0, 0.1) is 6.92 Å². The lowest BCUT2D eigenvalue weighted by Crippen LogP contribution is -2.40. The van der Waals surface area contributed by atoms with Gasteiger partial charge in [-0.2, -0.15) is 4.98 Å². The van der Waals surface area contributed by atoms with Gasteiger partial charge in [0, 0.05) is 5.54 Å². The number of amides is 1. The maximum absolute atomic E-state index is 11.4. The third-order valence-electron chi connectivity index (χ3n) is 1.21. The van der Waals surface area contributed by atoms with Crippen molar-refractivity contribution in [1.29, 1.82) is 0 Å². The average molecular weight is 183 g/mol. The summed E-state index contributed by atoms with van der Waals surface area (Å²) < 4.78 is 4.70. The molecule has 1 aromatic rings. The van der Waals surface area contributed by atoms with Gasteiger partial charge in [0.2, 0.25) is 0 Å². The van der Waals surface area contributed by atoms with Crippen LogP contribution in [0.1, 0.15) is 37.3 Å². The Morgan fingerprint density at radius 1 is 1.46 bits per heavy atom. The minimum Gasteiger partial charge on any atom is -0.343 e. The summed E-state index contributed by atoms with van der Waals surface area (Å²) in [5.41, 5.74) is -0.292. The predicted octanol–water partition coefficient (Wildman–Crippen LogP) is 0.906. The molecule has 1 rings (SSSR count). The van der Waals surface area contributed by atoms with E-state index in [1.807, 2.05) is 20.8 Å². The first kappa shape index (κ1) is 9.70. The zero-order valence-corrected chi connectivity index (χ0v) is 8.21. The Labute approximate surface area is 76.5 Å². The van der Waals surface area contributed by atoms with Crippen molar-refractivity contribution in [3.8, 4) is 0 Å². The van der Waals surface area contributed by atoms with Crippen molar-refractivity contribution < 1.29 is 9.32 Å². The van der Waals surface area contributed by atoms with Gasteiger partial charge in [0.25, 0.3) is 0 Å². The first-order valence-corrected chi connectivity index (χ1v) is 4.01. The lowest BCUT2D eigenvalue weighted by molar-refractivity contribution is 0.0874. The molecule has 0 saturated carbocycles. The van der Waals surface area contributed by atoms with Crippen LogP contribution in [-0.4, -0.2) is 21.6 Å². The highest BCUT2D eigenvalue weighted by Gasteiger charge is 2.19. The second-order valence-corrected chi connectivity index (χ2v) is 3.85. The Hall–Kier alpha value is -1.39. The maximum atomic E-state index is 11.4. The smallest absolute Gasteiger partial charge is 0.315 e. The summed E-state index contributed by atoms with van der Waals surface area (Å²) in [6, 6.07) is 0. The van der Waals surface area contributed by atoms with Gasteiger partial charge in [0.05, 0.1) is 0 Å². The molecule has 0 fully saturated rings. The molecule has 0 aliphatic rings. The summed E-state index contributed by atoms with van der Waals surface area (Å²) in [6.45, 7) is 7.31. The number of hydrogen-bond acceptors (Lipinski definition) is 4. The zero-order chi connectivity index (χ0) is 10.1. The van der Waals surface area contributed by atoms with Gasteiger partial charge in [0.15, 0.2) is 5.82 Å². The summed E-state index contributed by atoms with van der Waals surface area (Å²) in [5, 5.41) is 6.23. The second kappa shape index (κ2) is 3.16. The molecule has 1 amide bonds. The summed E-state index contributed by atoms with van der Waals surface area (Å²) in [7, 11) is 0. The van der Waals surface area contributed by atoms with E-state index < -0.39 is 0 Å². The molecule has 5 nitrogen and oxygen atoms in total. The van der Waals surface area contributed by atoms with Gasteiger partial charge in [-0.3, -0.25) is 4.79 Å². The van der Waals surface area contributed by atoms with E-state index in [1.165, 1.54) is 0 Å². The monoisotopic (exact) mass is 183 g/mol. The van der Waals surface area contributed by atoms with Gasteiger partial charge in [-0.1, -0.05) is 5.16 Å². The third-order valence-corrected chi connectivity index (χ3v) is 1.21. The molecule has 1 aromatic heterocycles. The van der Waals surface area contributed by atoms with Crippen LogP contribution < -0.4 is 5.32 Å². The number of carbonyl (C=O) groups excluding carboxylic acids is 1. The number of nitrogens with zero attached hydrogens (tertiary/aromatic N) is 2. The van der Waals surface area contributed by atoms with Crippen LogP contribution >= 0.6 is 0 Å². The standard InChI is InChI=1S/C8H13N3O2/c1-5-9-7(13-11-5)6(12)10-8(2,3)4/h1-4H3,(H,10,12). The molecular formula is C8H13N3O2. The topological polar surface area (TPSA) is 68.0 Å². The molecule has 13 heavy (non-hydrogen) atoms. The second-order valence-electron chi connectivity index (χ2n) is 3.85. The van der Waals surface area contributed by atoms with Gasteiger partial charge >= 0.3 is 11.8 Å². The maximum Gasteiger partial charge on any atom is 0.315 e. The van der Waals surface area contributed by atoms with Gasteiger partial charge in [-0.05, 0) is 27.7 Å². The van der Waals surface area contributed by atoms with E-state index in [0.717, 1.165) is 0 Å². The van der Waals surface area contributed by atoms with E-state index in [0.29, 0.717) is 5.82 Å². The summed E-state index contributed by atoms with van der Waals surface area (Å²) in [4.78, 5) is 15.2. The van der Waals surface area contributed by atoms with Crippen molar-refractivity contribution in [3.63, 3.8) is 0 Å². The fourth-order valence-electron chi connectivity index (χ4n) is 0.783. The summed E-state index contributed by atoms with van der Waals surface area (Å²) in [5.74, 6) is 0.125. The van der Waals surface area contributed by atoms with Gasteiger partial charge in [0.1, 0.15) is 0 Å². The molecule has 0 aromatic carbocycles. The van der Waals surface area contributed by atoms with Gasteiger partial charge in [-0.25, -0.2) is 0 Å². The van der Waals surface area contributed by atoms with Crippen LogP contribution in [0.5, 0.6) is 0 Å². The molecule has 0 unspecified atom stereocenters. The first-order chi connectivity index (χ1) is 5.88. The fourth-order valence-corrected chi connectivity index (χ4v) is 0.783. The van der Waals surface area contributed by atoms with Crippen LogP contribution in [0.3, 0.4) is 0 Å². The number of hydrogen-bond donors (Lipinski definition) is 1. The SMILES string of the molecule is Cc1noc(C(=O)NC(C)(C)C)n1. The van der Waals surface area contributed by atoms with Crippen LogP contribution in [0.15, 0.2) is 4.52 Å². The Morgan fingerprint density at radius 3 is 2.46 bits per heavy atom. The molecule has 5 heteroatoms. The predicted molar refractivity (Wildman–Crippen MR) is 46.3 cm³/mol. The zero-order valence-electron chi connectivity index (χ0n) is 8.21. The van der Waals surface area contributed by atoms with Gasteiger partial charge < -0.3 is 9.84 Å². The molecule has 0 bridgehead atoms. The van der Waals surface area contributed by atoms with Crippen LogP contribution in [-0.2, 0) is 0 Å². The van der Waals surface area contributed by atoms with Gasteiger partial charge in [-0.15, -0.1) is 0 Å². The number of aryl methyl sites for hydroxylation is 1. The lowest BCUT2D eigenvalue weighted by Gasteiger charge is -2.18. The van der Waals surface area contributed by atoms with Crippen molar-refractivity contribution in [3.05, 3.63) is 11.7 Å². The Bertz CT molecular complexity index is 311. The fraction of sp³-hybridized carbons (Fsp3) is 0.625. The lowest BCUT2D eigenvalue weighted by atomic mass is 10.1. The Kier molecular flexibility index (Phi) is 2.36. The number of aromatic nitrogens is 2. The Balaban J connectivity index is 2.70. The minimum absolute atomic E-state index is 0.00687. The molecule has 0 aliphatic heterocycles. The van der Waals surface area contributed by atoms with Crippen molar-refractivity contribution in [2.24, 2.45) is 0 Å². The quantitative estimate of drug-likeness (QED) is 0.702. The summed E-state index contributed by atoms with van der Waals surface area (Å²) >= 11 is 0. The molecule has 1 heterocycles. The molecular weight excluding hydrogens is 170 g/mol. The molecule has 72 valence electrons. The van der Waals surface area contributed by atoms with E-state index in [9.17, 15) is 4.79 Å². The van der Waals surface area contributed by atoms with Crippen LogP contribution in [0.4, 0.5) is 0 Å². The highest BCUT2D eigenvalue weighted by Crippen LogP contribution is 2.02. The normalized spacial score (nSPS) is 11.4. The molecule has 0 saturated heterocycles. The van der Waals surface area contributed by atoms with E-state index in [2.05, 4.69) is 15.5 Å². The van der Waals surface area contributed by atoms with Crippen LogP contribution in [0.2, 0.25) is 0 Å². The van der Waals surface area contributed by atoms with E-state index >= 15 is 0 Å². The molecule has 0 radical (unpaired) electrons. The molecule has 1 N–H and O–H groups in total. The van der Waals surface area contributed by atoms with E-state index in [1.54, 1.807) is 6.92 Å². The molecule has 0 spiro atoms. The highest BCUT2D eigenvalue weighted by atomic mass is 16.5. The van der Waals surface area contributed by atoms with Crippen molar-refractivity contribution >= 4 is 5.91 Å². The molecule has 0 aliphatic carbocycles. The third kappa shape index (κ3) is 2.85. The molecule has 0 atom stereocenters. The van der Waals surface area contributed by atoms with E-state index in [-0.39, 0.29) is 17.3 Å². The minimum atomic E-state index is -0.340. The first-order valence-electron chi connectivity index (χ1n) is 4.01.